The number of nitrogens with zero attached hydrogens (tertiary/aromatic N) is 2. The fourth-order valence-electron chi connectivity index (χ4n) is 2.94. The predicted octanol–water partition coefficient (Wildman–Crippen LogP) is 4.23. The molecule has 1 fully saturated rings. The average molecular weight is 359 g/mol. The lowest BCUT2D eigenvalue weighted by Gasteiger charge is -2.36. The van der Waals surface area contributed by atoms with Crippen LogP contribution in [0.15, 0.2) is 54.1 Å². The summed E-state index contributed by atoms with van der Waals surface area (Å²) < 4.78 is 13.0. The van der Waals surface area contributed by atoms with Crippen molar-refractivity contribution in [2.24, 2.45) is 0 Å². The Kier molecular flexibility index (Phi) is 5.39. The molecule has 0 N–H and O–H groups in total. The second-order valence-corrected chi connectivity index (χ2v) is 6.57. The number of rotatable bonds is 3. The van der Waals surface area contributed by atoms with Crippen LogP contribution >= 0.6 is 11.6 Å². The van der Waals surface area contributed by atoms with Gasteiger partial charge in [0.1, 0.15) is 5.82 Å². The number of amides is 1. The van der Waals surface area contributed by atoms with Crippen LogP contribution in [0.2, 0.25) is 5.02 Å². The maximum absolute atomic E-state index is 13.0. The van der Waals surface area contributed by atoms with E-state index < -0.39 is 0 Å². The lowest BCUT2D eigenvalue weighted by Crippen LogP contribution is -2.49. The van der Waals surface area contributed by atoms with Crippen LogP contribution in [0.25, 0.3) is 6.08 Å². The Balaban J connectivity index is 1.61. The first-order chi connectivity index (χ1) is 12.0. The maximum atomic E-state index is 13.0. The summed E-state index contributed by atoms with van der Waals surface area (Å²) in [4.78, 5) is 16.7. The van der Waals surface area contributed by atoms with E-state index in [-0.39, 0.29) is 11.7 Å². The summed E-state index contributed by atoms with van der Waals surface area (Å²) >= 11 is 5.88. The molecule has 3 rings (SSSR count). The number of hydrogen-bond acceptors (Lipinski definition) is 2. The lowest BCUT2D eigenvalue weighted by molar-refractivity contribution is -0.127. The number of anilines is 1. The summed E-state index contributed by atoms with van der Waals surface area (Å²) in [6, 6.07) is 13.9. The van der Waals surface area contributed by atoms with Gasteiger partial charge in [0.05, 0.1) is 0 Å². The Morgan fingerprint density at radius 1 is 1.00 bits per heavy atom. The van der Waals surface area contributed by atoms with E-state index in [0.29, 0.717) is 23.7 Å². The fraction of sp³-hybridized carbons (Fsp3) is 0.250. The van der Waals surface area contributed by atoms with Crippen molar-refractivity contribution in [2.45, 2.75) is 6.92 Å². The van der Waals surface area contributed by atoms with Gasteiger partial charge in [0.15, 0.2) is 0 Å². The summed E-state index contributed by atoms with van der Waals surface area (Å²) in [5.74, 6) is -0.186. The van der Waals surface area contributed by atoms with Crippen LogP contribution in [-0.2, 0) is 4.79 Å². The van der Waals surface area contributed by atoms with Crippen LogP contribution in [0.5, 0.6) is 0 Å². The van der Waals surface area contributed by atoms with Crippen LogP contribution in [0, 0.1) is 5.82 Å². The molecule has 0 aromatic heterocycles. The molecule has 1 amide bonds. The van der Waals surface area contributed by atoms with Crippen LogP contribution in [0.3, 0.4) is 0 Å². The monoisotopic (exact) mass is 358 g/mol. The third kappa shape index (κ3) is 4.40. The zero-order valence-electron chi connectivity index (χ0n) is 14.1. The van der Waals surface area contributed by atoms with Crippen molar-refractivity contribution in [3.05, 3.63) is 70.5 Å². The first-order valence-corrected chi connectivity index (χ1v) is 8.64. The standard InChI is InChI=1S/C20H20ClFN2O/c1-15(14-16-2-4-17(21)5-3-16)20(25)24-12-10-23(11-13-24)19-8-6-18(22)7-9-19/h2-9,14H,10-13H2,1H3/b15-14+. The summed E-state index contributed by atoms with van der Waals surface area (Å²) in [6.07, 6.45) is 1.88. The van der Waals surface area contributed by atoms with Crippen molar-refractivity contribution < 1.29 is 9.18 Å². The number of benzene rings is 2. The third-order valence-corrected chi connectivity index (χ3v) is 4.60. The van der Waals surface area contributed by atoms with Gasteiger partial charge in [-0.1, -0.05) is 23.7 Å². The number of carbonyl (C=O) groups excluding carboxylic acids is 1. The van der Waals surface area contributed by atoms with E-state index in [1.165, 1.54) is 12.1 Å². The molecule has 130 valence electrons. The molecule has 1 saturated heterocycles. The van der Waals surface area contributed by atoms with E-state index >= 15 is 0 Å². The SMILES string of the molecule is C/C(=C\c1ccc(Cl)cc1)C(=O)N1CCN(c2ccc(F)cc2)CC1. The minimum absolute atomic E-state index is 0.0497. The van der Waals surface area contributed by atoms with Crippen LogP contribution in [0.4, 0.5) is 10.1 Å². The first-order valence-electron chi connectivity index (χ1n) is 8.26. The van der Waals surface area contributed by atoms with Crippen molar-refractivity contribution >= 4 is 29.3 Å². The molecule has 0 saturated carbocycles. The molecule has 5 heteroatoms. The number of carbonyl (C=O) groups is 1. The van der Waals surface area contributed by atoms with Gasteiger partial charge in [0.2, 0.25) is 5.91 Å². The van der Waals surface area contributed by atoms with E-state index in [1.54, 1.807) is 12.1 Å². The number of hydrogen-bond donors (Lipinski definition) is 0. The highest BCUT2D eigenvalue weighted by Crippen LogP contribution is 2.18. The van der Waals surface area contributed by atoms with Gasteiger partial charge in [0, 0.05) is 42.5 Å². The van der Waals surface area contributed by atoms with Crippen molar-refractivity contribution in [3.8, 4) is 0 Å². The molecule has 1 heterocycles. The zero-order chi connectivity index (χ0) is 17.8. The second-order valence-electron chi connectivity index (χ2n) is 6.13. The van der Waals surface area contributed by atoms with Crippen LogP contribution in [-0.4, -0.2) is 37.0 Å². The Morgan fingerprint density at radius 2 is 1.60 bits per heavy atom. The quantitative estimate of drug-likeness (QED) is 0.766. The maximum Gasteiger partial charge on any atom is 0.249 e. The summed E-state index contributed by atoms with van der Waals surface area (Å²) in [6.45, 7) is 4.63. The predicted molar refractivity (Wildman–Crippen MR) is 100 cm³/mol. The fourth-order valence-corrected chi connectivity index (χ4v) is 3.07. The minimum atomic E-state index is -0.236. The van der Waals surface area contributed by atoms with Crippen LogP contribution < -0.4 is 4.90 Å². The van der Waals surface area contributed by atoms with E-state index in [0.717, 1.165) is 24.3 Å². The summed E-state index contributed by atoms with van der Waals surface area (Å²) in [5, 5.41) is 0.679. The van der Waals surface area contributed by atoms with E-state index in [9.17, 15) is 9.18 Å². The largest absolute Gasteiger partial charge is 0.368 e. The van der Waals surface area contributed by atoms with E-state index in [1.807, 2.05) is 42.2 Å². The molecule has 2 aromatic carbocycles. The molecule has 0 bridgehead atoms. The molecule has 0 radical (unpaired) electrons. The zero-order valence-corrected chi connectivity index (χ0v) is 14.8. The number of halogens is 2. The molecule has 3 nitrogen and oxygen atoms in total. The topological polar surface area (TPSA) is 23.6 Å². The van der Waals surface area contributed by atoms with Gasteiger partial charge in [-0.3, -0.25) is 4.79 Å². The van der Waals surface area contributed by atoms with Crippen molar-refractivity contribution in [3.63, 3.8) is 0 Å². The molecule has 0 unspecified atom stereocenters. The van der Waals surface area contributed by atoms with Gasteiger partial charge < -0.3 is 9.80 Å². The Bertz CT molecular complexity index is 763. The Morgan fingerprint density at radius 3 is 2.20 bits per heavy atom. The van der Waals surface area contributed by atoms with Crippen molar-refractivity contribution in [1.29, 1.82) is 0 Å². The lowest BCUT2D eigenvalue weighted by atomic mass is 10.1. The summed E-state index contributed by atoms with van der Waals surface area (Å²) in [5.41, 5.74) is 2.65. The smallest absolute Gasteiger partial charge is 0.249 e. The van der Waals surface area contributed by atoms with Crippen molar-refractivity contribution in [1.82, 2.24) is 4.90 Å². The molecule has 0 spiro atoms. The van der Waals surface area contributed by atoms with Gasteiger partial charge in [-0.25, -0.2) is 4.39 Å². The van der Waals surface area contributed by atoms with E-state index in [2.05, 4.69) is 4.90 Å². The van der Waals surface area contributed by atoms with Gasteiger partial charge in [-0.15, -0.1) is 0 Å². The minimum Gasteiger partial charge on any atom is -0.368 e. The summed E-state index contributed by atoms with van der Waals surface area (Å²) in [7, 11) is 0. The molecule has 1 aliphatic heterocycles. The highest BCUT2D eigenvalue weighted by atomic mass is 35.5. The third-order valence-electron chi connectivity index (χ3n) is 4.35. The highest BCUT2D eigenvalue weighted by Gasteiger charge is 2.22. The molecule has 2 aromatic rings. The van der Waals surface area contributed by atoms with Gasteiger partial charge >= 0.3 is 0 Å². The van der Waals surface area contributed by atoms with E-state index in [4.69, 9.17) is 11.6 Å². The molecule has 0 atom stereocenters. The first kappa shape index (κ1) is 17.5. The van der Waals surface area contributed by atoms with Gasteiger partial charge in [-0.2, -0.15) is 0 Å². The van der Waals surface area contributed by atoms with Crippen LogP contribution in [0.1, 0.15) is 12.5 Å². The van der Waals surface area contributed by atoms with Gasteiger partial charge in [0.25, 0.3) is 0 Å². The second kappa shape index (κ2) is 7.70. The number of piperazine rings is 1. The van der Waals surface area contributed by atoms with Gasteiger partial charge in [-0.05, 0) is 55.0 Å². The molecule has 0 aliphatic carbocycles. The average Bonchev–Trinajstić information content (AvgIpc) is 2.64. The molecule has 25 heavy (non-hydrogen) atoms. The Labute approximate surface area is 152 Å². The highest BCUT2D eigenvalue weighted by molar-refractivity contribution is 6.30. The normalized spacial score (nSPS) is 15.4. The Hall–Kier alpha value is -2.33. The molecule has 1 aliphatic rings. The molecular weight excluding hydrogens is 339 g/mol. The molecular formula is C20H20ClFN2O. The van der Waals surface area contributed by atoms with Crippen molar-refractivity contribution in [2.75, 3.05) is 31.1 Å².